The van der Waals surface area contributed by atoms with Crippen molar-refractivity contribution in [3.63, 3.8) is 0 Å². The fourth-order valence-corrected chi connectivity index (χ4v) is 3.07. The fraction of sp³-hybridized carbons (Fsp3) is 0.625. The van der Waals surface area contributed by atoms with Gasteiger partial charge in [0.25, 0.3) is 0 Å². The maximum Gasteiger partial charge on any atom is 0.123 e. The largest absolute Gasteiger partial charge is 0.316 e. The molecule has 0 bridgehead atoms. The molecule has 0 spiro atoms. The number of rotatable bonds is 5. The molecule has 1 N–H and O–H groups in total. The average molecular weight is 299 g/mol. The van der Waals surface area contributed by atoms with E-state index in [-0.39, 0.29) is 18.2 Å². The Morgan fingerprint density at radius 1 is 1.30 bits per heavy atom. The van der Waals surface area contributed by atoms with E-state index in [1.807, 2.05) is 12.1 Å². The summed E-state index contributed by atoms with van der Waals surface area (Å²) < 4.78 is 13.0. The minimum atomic E-state index is -0.145. The summed E-state index contributed by atoms with van der Waals surface area (Å²) in [5.74, 6) is -0.145. The lowest BCUT2D eigenvalue weighted by Gasteiger charge is -2.32. The topological polar surface area (TPSA) is 15.3 Å². The molecule has 2 aliphatic rings. The Morgan fingerprint density at radius 3 is 2.55 bits per heavy atom. The predicted molar refractivity (Wildman–Crippen MR) is 82.7 cm³/mol. The molecule has 2 fully saturated rings. The Balaban J connectivity index is 0.00000147. The monoisotopic (exact) mass is 298 g/mol. The highest BCUT2D eigenvalue weighted by Gasteiger charge is 2.36. The first-order valence-electron chi connectivity index (χ1n) is 7.34. The highest BCUT2D eigenvalue weighted by atomic mass is 35.5. The zero-order valence-electron chi connectivity index (χ0n) is 12.1. The van der Waals surface area contributed by atoms with Crippen molar-refractivity contribution in [3.8, 4) is 0 Å². The third-order valence-corrected chi connectivity index (χ3v) is 4.40. The van der Waals surface area contributed by atoms with Crippen molar-refractivity contribution >= 4 is 12.4 Å². The third-order valence-electron chi connectivity index (χ3n) is 4.40. The van der Waals surface area contributed by atoms with Gasteiger partial charge in [0.15, 0.2) is 0 Å². The van der Waals surface area contributed by atoms with Gasteiger partial charge in [0, 0.05) is 25.7 Å². The van der Waals surface area contributed by atoms with E-state index in [1.54, 1.807) is 12.1 Å². The summed E-state index contributed by atoms with van der Waals surface area (Å²) >= 11 is 0. The molecule has 20 heavy (non-hydrogen) atoms. The molecule has 1 heterocycles. The van der Waals surface area contributed by atoms with Crippen LogP contribution in [0.25, 0.3) is 0 Å². The molecule has 1 aromatic rings. The van der Waals surface area contributed by atoms with Crippen molar-refractivity contribution < 1.29 is 4.39 Å². The van der Waals surface area contributed by atoms with E-state index >= 15 is 0 Å². The van der Waals surface area contributed by atoms with Crippen molar-refractivity contribution in [3.05, 3.63) is 35.6 Å². The van der Waals surface area contributed by atoms with E-state index in [9.17, 15) is 4.39 Å². The van der Waals surface area contributed by atoms with Gasteiger partial charge >= 0.3 is 0 Å². The first kappa shape index (κ1) is 15.7. The van der Waals surface area contributed by atoms with E-state index in [4.69, 9.17) is 0 Å². The second-order valence-corrected chi connectivity index (χ2v) is 6.50. The Labute approximate surface area is 127 Å². The first-order valence-corrected chi connectivity index (χ1v) is 7.34. The Hall–Kier alpha value is -0.640. The van der Waals surface area contributed by atoms with Gasteiger partial charge in [-0.15, -0.1) is 12.4 Å². The van der Waals surface area contributed by atoms with Crippen molar-refractivity contribution in [2.45, 2.75) is 38.8 Å². The molecule has 1 atom stereocenters. The number of halogens is 2. The molecule has 0 amide bonds. The Bertz CT molecular complexity index is 425. The molecule has 1 aliphatic carbocycles. The minimum Gasteiger partial charge on any atom is -0.316 e. The Kier molecular flexibility index (Phi) is 5.05. The van der Waals surface area contributed by atoms with Gasteiger partial charge in [-0.05, 0) is 48.9 Å². The average Bonchev–Trinajstić information content (AvgIpc) is 3.15. The molecular weight excluding hydrogens is 275 g/mol. The van der Waals surface area contributed by atoms with Gasteiger partial charge in [0.05, 0.1) is 0 Å². The van der Waals surface area contributed by atoms with Gasteiger partial charge in [0.2, 0.25) is 0 Å². The van der Waals surface area contributed by atoms with Gasteiger partial charge in [-0.1, -0.05) is 19.1 Å². The zero-order valence-corrected chi connectivity index (χ0v) is 12.9. The van der Waals surface area contributed by atoms with Crippen LogP contribution in [-0.4, -0.2) is 30.6 Å². The number of benzene rings is 1. The molecule has 1 saturated carbocycles. The molecule has 0 aromatic heterocycles. The second-order valence-electron chi connectivity index (χ2n) is 6.50. The molecular formula is C16H24ClFN2. The number of nitrogens with one attached hydrogen (secondary N) is 1. The molecule has 1 saturated heterocycles. The molecule has 3 rings (SSSR count). The van der Waals surface area contributed by atoms with Crippen LogP contribution in [0.1, 0.15) is 31.7 Å². The molecule has 0 radical (unpaired) electrons. The van der Waals surface area contributed by atoms with Gasteiger partial charge in [0.1, 0.15) is 5.82 Å². The van der Waals surface area contributed by atoms with Gasteiger partial charge < -0.3 is 5.32 Å². The van der Waals surface area contributed by atoms with Crippen LogP contribution in [0.15, 0.2) is 24.3 Å². The summed E-state index contributed by atoms with van der Waals surface area (Å²) in [6.07, 6.45) is 3.91. The summed E-state index contributed by atoms with van der Waals surface area (Å²) in [5, 5.41) is 3.47. The van der Waals surface area contributed by atoms with Gasteiger partial charge in [-0.3, -0.25) is 4.90 Å². The molecule has 4 heteroatoms. The lowest BCUT2D eigenvalue weighted by Crippen LogP contribution is -2.38. The van der Waals surface area contributed by atoms with E-state index in [1.165, 1.54) is 24.8 Å². The SMILES string of the molecule is CC1(CN(Cc2ccc(F)cc2)C2CC2)CCNC1.Cl. The van der Waals surface area contributed by atoms with Crippen molar-refractivity contribution in [1.29, 1.82) is 0 Å². The maximum absolute atomic E-state index is 13.0. The van der Waals surface area contributed by atoms with Crippen LogP contribution in [-0.2, 0) is 6.54 Å². The quantitative estimate of drug-likeness (QED) is 0.898. The van der Waals surface area contributed by atoms with E-state index in [2.05, 4.69) is 17.1 Å². The summed E-state index contributed by atoms with van der Waals surface area (Å²) in [5.41, 5.74) is 1.63. The lowest BCUT2D eigenvalue weighted by molar-refractivity contribution is 0.162. The van der Waals surface area contributed by atoms with Crippen LogP contribution in [0.4, 0.5) is 4.39 Å². The lowest BCUT2D eigenvalue weighted by atomic mass is 9.89. The number of hydrogen-bond acceptors (Lipinski definition) is 2. The zero-order chi connectivity index (χ0) is 13.3. The Morgan fingerprint density at radius 2 is 2.00 bits per heavy atom. The van der Waals surface area contributed by atoms with Crippen LogP contribution < -0.4 is 5.32 Å². The third kappa shape index (κ3) is 3.94. The van der Waals surface area contributed by atoms with Crippen LogP contribution in [0.5, 0.6) is 0 Å². The molecule has 1 aliphatic heterocycles. The van der Waals surface area contributed by atoms with Crippen molar-refractivity contribution in [2.75, 3.05) is 19.6 Å². The predicted octanol–water partition coefficient (Wildman–Crippen LogP) is 3.21. The van der Waals surface area contributed by atoms with Crippen LogP contribution in [0.3, 0.4) is 0 Å². The molecule has 2 nitrogen and oxygen atoms in total. The van der Waals surface area contributed by atoms with Crippen LogP contribution in [0.2, 0.25) is 0 Å². The van der Waals surface area contributed by atoms with Crippen LogP contribution >= 0.6 is 12.4 Å². The molecule has 1 unspecified atom stereocenters. The van der Waals surface area contributed by atoms with E-state index in [0.717, 1.165) is 32.2 Å². The van der Waals surface area contributed by atoms with E-state index < -0.39 is 0 Å². The van der Waals surface area contributed by atoms with E-state index in [0.29, 0.717) is 5.41 Å². The standard InChI is InChI=1S/C16H23FN2.ClH/c1-16(8-9-18-11-16)12-19(15-6-7-15)10-13-2-4-14(17)5-3-13;/h2-5,15,18H,6-12H2,1H3;1H. The first-order chi connectivity index (χ1) is 9.15. The summed E-state index contributed by atoms with van der Waals surface area (Å²) in [7, 11) is 0. The number of nitrogens with zero attached hydrogens (tertiary/aromatic N) is 1. The summed E-state index contributed by atoms with van der Waals surface area (Å²) in [4.78, 5) is 2.60. The van der Waals surface area contributed by atoms with Crippen LogP contribution in [0, 0.1) is 11.2 Å². The molecule has 112 valence electrons. The minimum absolute atomic E-state index is 0. The normalized spacial score (nSPS) is 25.8. The van der Waals surface area contributed by atoms with Gasteiger partial charge in [-0.2, -0.15) is 0 Å². The summed E-state index contributed by atoms with van der Waals surface area (Å²) in [6, 6.07) is 7.72. The van der Waals surface area contributed by atoms with Crippen molar-refractivity contribution in [1.82, 2.24) is 10.2 Å². The smallest absolute Gasteiger partial charge is 0.123 e. The fourth-order valence-electron chi connectivity index (χ4n) is 3.07. The summed E-state index contributed by atoms with van der Waals surface area (Å²) in [6.45, 7) is 6.76. The maximum atomic E-state index is 13.0. The highest BCUT2D eigenvalue weighted by molar-refractivity contribution is 5.85. The highest BCUT2D eigenvalue weighted by Crippen LogP contribution is 2.34. The van der Waals surface area contributed by atoms with Gasteiger partial charge in [-0.25, -0.2) is 4.39 Å². The number of hydrogen-bond donors (Lipinski definition) is 1. The van der Waals surface area contributed by atoms with Crippen molar-refractivity contribution in [2.24, 2.45) is 5.41 Å². The second kappa shape index (κ2) is 6.42. The molecule has 1 aromatic carbocycles.